The van der Waals surface area contributed by atoms with Crippen molar-refractivity contribution >= 4 is 21.6 Å². The van der Waals surface area contributed by atoms with E-state index >= 15 is 0 Å². The molecule has 0 spiro atoms. The van der Waals surface area contributed by atoms with Crippen molar-refractivity contribution in [1.29, 1.82) is 0 Å². The molecule has 122 valence electrons. The van der Waals surface area contributed by atoms with Gasteiger partial charge in [-0.2, -0.15) is 0 Å². The molecule has 1 aromatic carbocycles. The van der Waals surface area contributed by atoms with Crippen LogP contribution >= 0.6 is 0 Å². The number of rotatable bonds is 3. The molecule has 1 aromatic rings. The summed E-state index contributed by atoms with van der Waals surface area (Å²) >= 11 is 0. The number of nitrogens with zero attached hydrogens (tertiary/aromatic N) is 2. The van der Waals surface area contributed by atoms with Crippen LogP contribution in [0, 0.1) is 19.8 Å². The van der Waals surface area contributed by atoms with Crippen LogP contribution in [0.3, 0.4) is 0 Å². The Hall–Kier alpha value is -1.40. The van der Waals surface area contributed by atoms with Gasteiger partial charge >= 0.3 is 0 Å². The molecule has 0 N–H and O–H groups in total. The molecule has 22 heavy (non-hydrogen) atoms. The molecular formula is C16H24N2O3S. The summed E-state index contributed by atoms with van der Waals surface area (Å²) in [5, 5.41) is 0. The predicted octanol–water partition coefficient (Wildman–Crippen LogP) is 1.94. The molecule has 5 nitrogen and oxygen atoms in total. The largest absolute Gasteiger partial charge is 0.315 e. The summed E-state index contributed by atoms with van der Waals surface area (Å²) in [6, 6.07) is 5.98. The normalized spacial score (nSPS) is 17.5. The second-order valence-corrected chi connectivity index (χ2v) is 8.08. The Balaban J connectivity index is 2.04. The summed E-state index contributed by atoms with van der Waals surface area (Å²) in [6.45, 7) is 4.93. The Morgan fingerprint density at radius 2 is 1.77 bits per heavy atom. The third-order valence-corrected chi connectivity index (χ3v) is 5.78. The van der Waals surface area contributed by atoms with E-state index in [4.69, 9.17) is 0 Å². The first-order chi connectivity index (χ1) is 10.2. The van der Waals surface area contributed by atoms with E-state index < -0.39 is 10.0 Å². The number of carbonyl (C=O) groups excluding carboxylic acids is 1. The molecule has 0 unspecified atom stereocenters. The van der Waals surface area contributed by atoms with Crippen LogP contribution in [0.5, 0.6) is 0 Å². The molecule has 0 saturated carbocycles. The van der Waals surface area contributed by atoms with E-state index in [2.05, 4.69) is 0 Å². The van der Waals surface area contributed by atoms with Crippen molar-refractivity contribution in [3.63, 3.8) is 0 Å². The van der Waals surface area contributed by atoms with Crippen LogP contribution in [0.4, 0.5) is 5.69 Å². The first kappa shape index (κ1) is 17.0. The Bertz CT molecular complexity index is 662. The zero-order chi connectivity index (χ0) is 16.5. The number of amides is 1. The standard InChI is InChI=1S/C16H24N2O3S/c1-12-5-6-15(11-13(12)2)17(3)16(19)14-7-9-18(10-8-14)22(4,20)21/h5-6,11,14H,7-10H2,1-4H3. The number of anilines is 1. The molecule has 1 aliphatic rings. The lowest BCUT2D eigenvalue weighted by atomic mass is 9.96. The Kier molecular flexibility index (Phi) is 4.92. The highest BCUT2D eigenvalue weighted by atomic mass is 32.2. The van der Waals surface area contributed by atoms with E-state index in [1.807, 2.05) is 32.0 Å². The van der Waals surface area contributed by atoms with E-state index in [0.29, 0.717) is 25.9 Å². The van der Waals surface area contributed by atoms with Gasteiger partial charge in [0.05, 0.1) is 6.26 Å². The van der Waals surface area contributed by atoms with E-state index in [1.165, 1.54) is 16.1 Å². The molecule has 1 saturated heterocycles. The van der Waals surface area contributed by atoms with Gasteiger partial charge in [0.2, 0.25) is 15.9 Å². The second kappa shape index (κ2) is 6.38. The highest BCUT2D eigenvalue weighted by Crippen LogP contribution is 2.24. The number of sulfonamides is 1. The maximum absolute atomic E-state index is 12.6. The molecule has 1 heterocycles. The lowest BCUT2D eigenvalue weighted by molar-refractivity contribution is -0.123. The highest BCUT2D eigenvalue weighted by Gasteiger charge is 2.30. The average molecular weight is 324 g/mol. The van der Waals surface area contributed by atoms with Gasteiger partial charge in [-0.3, -0.25) is 4.79 Å². The second-order valence-electron chi connectivity index (χ2n) is 6.10. The van der Waals surface area contributed by atoms with Crippen molar-refractivity contribution < 1.29 is 13.2 Å². The lowest BCUT2D eigenvalue weighted by Crippen LogP contribution is -2.43. The minimum atomic E-state index is -3.15. The Morgan fingerprint density at radius 1 is 1.18 bits per heavy atom. The minimum Gasteiger partial charge on any atom is -0.315 e. The van der Waals surface area contributed by atoms with Gasteiger partial charge in [0, 0.05) is 31.7 Å². The van der Waals surface area contributed by atoms with Crippen molar-refractivity contribution in [2.24, 2.45) is 5.92 Å². The highest BCUT2D eigenvalue weighted by molar-refractivity contribution is 7.88. The number of hydrogen-bond donors (Lipinski definition) is 0. The van der Waals surface area contributed by atoms with Gasteiger partial charge < -0.3 is 4.90 Å². The third kappa shape index (κ3) is 3.67. The maximum atomic E-state index is 12.6. The van der Waals surface area contributed by atoms with Crippen LogP contribution in [-0.2, 0) is 14.8 Å². The van der Waals surface area contributed by atoms with Crippen molar-refractivity contribution in [3.8, 4) is 0 Å². The molecule has 2 rings (SSSR count). The molecule has 0 aliphatic carbocycles. The monoisotopic (exact) mass is 324 g/mol. The molecule has 0 radical (unpaired) electrons. The fraction of sp³-hybridized carbons (Fsp3) is 0.562. The van der Waals surface area contributed by atoms with E-state index in [9.17, 15) is 13.2 Å². The number of benzene rings is 1. The first-order valence-electron chi connectivity index (χ1n) is 7.50. The minimum absolute atomic E-state index is 0.0661. The molecule has 0 atom stereocenters. The van der Waals surface area contributed by atoms with Gasteiger partial charge in [0.15, 0.2) is 0 Å². The fourth-order valence-electron chi connectivity index (χ4n) is 2.77. The lowest BCUT2D eigenvalue weighted by Gasteiger charge is -2.31. The number of carbonyl (C=O) groups is 1. The van der Waals surface area contributed by atoms with Crippen molar-refractivity contribution in [1.82, 2.24) is 4.31 Å². The van der Waals surface area contributed by atoms with E-state index in [-0.39, 0.29) is 11.8 Å². The van der Waals surface area contributed by atoms with Gasteiger partial charge in [0.1, 0.15) is 0 Å². The van der Waals surface area contributed by atoms with Crippen molar-refractivity contribution in [2.45, 2.75) is 26.7 Å². The van der Waals surface area contributed by atoms with Gasteiger partial charge in [0.25, 0.3) is 0 Å². The SMILES string of the molecule is Cc1ccc(N(C)C(=O)C2CCN(S(C)(=O)=O)CC2)cc1C. The van der Waals surface area contributed by atoms with Crippen LogP contribution in [0.2, 0.25) is 0 Å². The average Bonchev–Trinajstić information content (AvgIpc) is 2.48. The van der Waals surface area contributed by atoms with Crippen LogP contribution in [0.15, 0.2) is 18.2 Å². The topological polar surface area (TPSA) is 57.7 Å². The summed E-state index contributed by atoms with van der Waals surface area (Å²) in [7, 11) is -1.36. The van der Waals surface area contributed by atoms with Crippen LogP contribution in [0.25, 0.3) is 0 Å². The number of aryl methyl sites for hydroxylation is 2. The van der Waals surface area contributed by atoms with Crippen molar-refractivity contribution in [2.75, 3.05) is 31.3 Å². The maximum Gasteiger partial charge on any atom is 0.229 e. The quantitative estimate of drug-likeness (QED) is 0.854. The molecule has 1 fully saturated rings. The summed E-state index contributed by atoms with van der Waals surface area (Å²) in [5.41, 5.74) is 3.24. The van der Waals surface area contributed by atoms with Crippen LogP contribution in [0.1, 0.15) is 24.0 Å². The predicted molar refractivity (Wildman–Crippen MR) is 88.5 cm³/mol. The Morgan fingerprint density at radius 3 is 2.27 bits per heavy atom. The molecular weight excluding hydrogens is 300 g/mol. The van der Waals surface area contributed by atoms with Crippen molar-refractivity contribution in [3.05, 3.63) is 29.3 Å². The summed E-state index contributed by atoms with van der Waals surface area (Å²) in [6.07, 6.45) is 2.39. The first-order valence-corrected chi connectivity index (χ1v) is 9.35. The third-order valence-electron chi connectivity index (χ3n) is 4.48. The zero-order valence-electron chi connectivity index (χ0n) is 13.7. The molecule has 1 aliphatic heterocycles. The summed E-state index contributed by atoms with van der Waals surface area (Å²) < 4.78 is 24.5. The Labute approximate surface area is 133 Å². The van der Waals surface area contributed by atoms with E-state index in [1.54, 1.807) is 11.9 Å². The summed E-state index contributed by atoms with van der Waals surface area (Å²) in [5.74, 6) is -0.0407. The van der Waals surface area contributed by atoms with Crippen LogP contribution in [-0.4, -0.2) is 45.0 Å². The molecule has 0 bridgehead atoms. The molecule has 1 amide bonds. The van der Waals surface area contributed by atoms with Crippen LogP contribution < -0.4 is 4.90 Å². The number of piperidine rings is 1. The number of hydrogen-bond acceptors (Lipinski definition) is 3. The molecule has 6 heteroatoms. The van der Waals surface area contributed by atoms with Gasteiger partial charge in [-0.15, -0.1) is 0 Å². The molecule has 0 aromatic heterocycles. The van der Waals surface area contributed by atoms with E-state index in [0.717, 1.165) is 11.3 Å². The van der Waals surface area contributed by atoms with Gasteiger partial charge in [-0.05, 0) is 49.9 Å². The zero-order valence-corrected chi connectivity index (χ0v) is 14.5. The van der Waals surface area contributed by atoms with Gasteiger partial charge in [-0.1, -0.05) is 6.07 Å². The fourth-order valence-corrected chi connectivity index (χ4v) is 3.64. The smallest absolute Gasteiger partial charge is 0.229 e. The summed E-state index contributed by atoms with van der Waals surface area (Å²) in [4.78, 5) is 14.3. The van der Waals surface area contributed by atoms with Gasteiger partial charge in [-0.25, -0.2) is 12.7 Å².